The van der Waals surface area contributed by atoms with Gasteiger partial charge in [-0.2, -0.15) is 5.10 Å². The largest absolute Gasteiger partial charge is 0.468 e. The number of piperidine rings is 1. The van der Waals surface area contributed by atoms with Gasteiger partial charge in [0.15, 0.2) is 10.9 Å². The Labute approximate surface area is 238 Å². The molecule has 3 aromatic carbocycles. The molecular formula is C32H32N4O3S. The molecule has 1 unspecified atom stereocenters. The van der Waals surface area contributed by atoms with E-state index in [-0.39, 0.29) is 16.9 Å². The smallest absolute Gasteiger partial charge is 0.327 e. The monoisotopic (exact) mass is 552 g/mol. The molecule has 1 aromatic heterocycles. The number of aromatic nitrogens is 3. The fraction of sp³-hybridized carbons (Fsp3) is 0.250. The van der Waals surface area contributed by atoms with E-state index in [1.54, 1.807) is 6.92 Å². The van der Waals surface area contributed by atoms with Crippen molar-refractivity contribution in [3.63, 3.8) is 0 Å². The molecule has 204 valence electrons. The molecule has 1 atom stereocenters. The van der Waals surface area contributed by atoms with Crippen molar-refractivity contribution in [3.8, 4) is 0 Å². The standard InChI is InChI=1S/C32H32N4O3S/c1-24(37)40-29-18-19-35(21-25(29)20-30-33-23-36(34-30)22-31(38)39-2)32(26-12-6-3-7-13-26,27-14-8-4-9-15-27)28-16-10-5-11-17-28/h3-17,20,23,29H,18-19,21-22H2,1-2H3. The number of carbonyl (C=O) groups excluding carboxylic acids is 2. The van der Waals surface area contributed by atoms with E-state index in [9.17, 15) is 9.59 Å². The predicted molar refractivity (Wildman–Crippen MR) is 157 cm³/mol. The summed E-state index contributed by atoms with van der Waals surface area (Å²) in [6, 6.07) is 31.8. The number of ether oxygens (including phenoxy) is 1. The maximum Gasteiger partial charge on any atom is 0.327 e. The molecule has 0 aliphatic carbocycles. The topological polar surface area (TPSA) is 77.3 Å². The van der Waals surface area contributed by atoms with Crippen LogP contribution in [0.4, 0.5) is 0 Å². The van der Waals surface area contributed by atoms with Crippen molar-refractivity contribution in [2.24, 2.45) is 0 Å². The first-order chi connectivity index (χ1) is 19.5. The van der Waals surface area contributed by atoms with Gasteiger partial charge in [-0.25, -0.2) is 9.67 Å². The molecule has 0 amide bonds. The zero-order valence-electron chi connectivity index (χ0n) is 22.6. The van der Waals surface area contributed by atoms with Crippen molar-refractivity contribution in [2.45, 2.75) is 30.7 Å². The summed E-state index contributed by atoms with van der Waals surface area (Å²) in [5.41, 5.74) is 4.01. The lowest BCUT2D eigenvalue weighted by Crippen LogP contribution is -2.52. The lowest BCUT2D eigenvalue weighted by atomic mass is 9.74. The number of benzene rings is 3. The normalized spacial score (nSPS) is 17.1. The zero-order chi connectivity index (χ0) is 28.0. The fourth-order valence-electron chi connectivity index (χ4n) is 5.52. The molecule has 5 rings (SSSR count). The van der Waals surface area contributed by atoms with Crippen LogP contribution in [0.3, 0.4) is 0 Å². The van der Waals surface area contributed by atoms with Crippen LogP contribution >= 0.6 is 11.8 Å². The van der Waals surface area contributed by atoms with E-state index in [1.807, 2.05) is 24.3 Å². The van der Waals surface area contributed by atoms with Crippen LogP contribution in [-0.4, -0.2) is 56.2 Å². The molecule has 1 fully saturated rings. The van der Waals surface area contributed by atoms with Gasteiger partial charge in [-0.1, -0.05) is 103 Å². The summed E-state index contributed by atoms with van der Waals surface area (Å²) >= 11 is 1.35. The highest BCUT2D eigenvalue weighted by molar-refractivity contribution is 8.14. The minimum atomic E-state index is -0.563. The number of likely N-dealkylation sites (tertiary alicyclic amines) is 1. The van der Waals surface area contributed by atoms with Crippen LogP contribution in [0.1, 0.15) is 35.9 Å². The number of esters is 1. The van der Waals surface area contributed by atoms with E-state index < -0.39 is 11.5 Å². The van der Waals surface area contributed by atoms with Crippen molar-refractivity contribution in [1.29, 1.82) is 0 Å². The molecular weight excluding hydrogens is 520 g/mol. The van der Waals surface area contributed by atoms with Crippen molar-refractivity contribution in [2.75, 3.05) is 20.2 Å². The van der Waals surface area contributed by atoms with Crippen molar-refractivity contribution >= 4 is 28.9 Å². The second kappa shape index (κ2) is 12.4. The summed E-state index contributed by atoms with van der Waals surface area (Å²) in [4.78, 5) is 30.9. The minimum absolute atomic E-state index is 0.00123. The molecule has 1 saturated heterocycles. The Bertz CT molecular complexity index is 1380. The lowest BCUT2D eigenvalue weighted by Gasteiger charge is -2.49. The Morgan fingerprint density at radius 1 is 0.950 bits per heavy atom. The third kappa shape index (κ3) is 5.78. The molecule has 7 nitrogen and oxygen atoms in total. The van der Waals surface area contributed by atoms with Crippen LogP contribution in [0.5, 0.6) is 0 Å². The van der Waals surface area contributed by atoms with E-state index in [2.05, 4.69) is 87.8 Å². The molecule has 0 bridgehead atoms. The second-order valence-electron chi connectivity index (χ2n) is 9.71. The summed E-state index contributed by atoms with van der Waals surface area (Å²) in [6.45, 7) is 2.99. The Morgan fingerprint density at radius 3 is 2.00 bits per heavy atom. The number of carbonyl (C=O) groups is 2. The number of methoxy groups -OCH3 is 1. The van der Waals surface area contributed by atoms with Crippen molar-refractivity contribution in [3.05, 3.63) is 125 Å². The molecule has 0 N–H and O–H groups in total. The molecule has 8 heteroatoms. The lowest BCUT2D eigenvalue weighted by molar-refractivity contribution is -0.141. The Kier molecular flexibility index (Phi) is 8.57. The number of rotatable bonds is 8. The number of hydrogen-bond donors (Lipinski definition) is 0. The van der Waals surface area contributed by atoms with Gasteiger partial charge in [0.25, 0.3) is 0 Å². The van der Waals surface area contributed by atoms with Crippen LogP contribution in [0.2, 0.25) is 0 Å². The van der Waals surface area contributed by atoms with Gasteiger partial charge in [-0.3, -0.25) is 14.5 Å². The van der Waals surface area contributed by atoms with Gasteiger partial charge in [-0.15, -0.1) is 0 Å². The van der Waals surface area contributed by atoms with Crippen LogP contribution in [0, 0.1) is 0 Å². The molecule has 2 heterocycles. The van der Waals surface area contributed by atoms with Crippen molar-refractivity contribution < 1.29 is 14.3 Å². The maximum absolute atomic E-state index is 12.2. The first kappa shape index (κ1) is 27.6. The first-order valence-corrected chi connectivity index (χ1v) is 14.1. The summed E-state index contributed by atoms with van der Waals surface area (Å²) in [6.07, 6.45) is 4.28. The maximum atomic E-state index is 12.2. The third-order valence-electron chi connectivity index (χ3n) is 7.19. The minimum Gasteiger partial charge on any atom is -0.468 e. The van der Waals surface area contributed by atoms with E-state index in [0.717, 1.165) is 18.5 Å². The highest BCUT2D eigenvalue weighted by atomic mass is 32.2. The Hall–Kier alpha value is -4.01. The summed E-state index contributed by atoms with van der Waals surface area (Å²) in [7, 11) is 1.35. The van der Waals surface area contributed by atoms with Gasteiger partial charge in [0.1, 0.15) is 12.9 Å². The zero-order valence-corrected chi connectivity index (χ0v) is 23.5. The highest BCUT2D eigenvalue weighted by Gasteiger charge is 2.44. The SMILES string of the molecule is COC(=O)Cn1cnc(C=C2CN(C(c3ccccc3)(c3ccccc3)c3ccccc3)CCC2SC(C)=O)n1. The quantitative estimate of drug-likeness (QED) is 0.220. The second-order valence-corrected chi connectivity index (χ2v) is 11.1. The molecule has 4 aromatic rings. The van der Waals surface area contributed by atoms with Gasteiger partial charge in [-0.05, 0) is 34.8 Å². The Balaban J connectivity index is 1.63. The van der Waals surface area contributed by atoms with Crippen LogP contribution in [0.25, 0.3) is 6.08 Å². The van der Waals surface area contributed by atoms with Gasteiger partial charge in [0.2, 0.25) is 0 Å². The molecule has 0 saturated carbocycles. The molecule has 1 aliphatic rings. The molecule has 0 radical (unpaired) electrons. The van der Waals surface area contributed by atoms with Crippen molar-refractivity contribution in [1.82, 2.24) is 19.7 Å². The number of thioether (sulfide) groups is 1. The summed E-state index contributed by atoms with van der Waals surface area (Å²) in [5.74, 6) is 0.107. The predicted octanol–water partition coefficient (Wildman–Crippen LogP) is 5.18. The Morgan fingerprint density at radius 2 is 1.50 bits per heavy atom. The average molecular weight is 553 g/mol. The van der Waals surface area contributed by atoms with Gasteiger partial charge in [0.05, 0.1) is 12.6 Å². The van der Waals surface area contributed by atoms with E-state index >= 15 is 0 Å². The summed E-state index contributed by atoms with van der Waals surface area (Å²) < 4.78 is 6.23. The first-order valence-electron chi connectivity index (χ1n) is 13.3. The van der Waals surface area contributed by atoms with Gasteiger partial charge < -0.3 is 4.74 Å². The highest BCUT2D eigenvalue weighted by Crippen LogP contribution is 2.45. The third-order valence-corrected chi connectivity index (χ3v) is 8.35. The van der Waals surface area contributed by atoms with E-state index in [4.69, 9.17) is 4.74 Å². The van der Waals surface area contributed by atoms with E-state index in [0.29, 0.717) is 12.4 Å². The number of nitrogens with zero attached hydrogens (tertiary/aromatic N) is 4. The van der Waals surface area contributed by atoms with E-state index in [1.165, 1.54) is 46.6 Å². The van der Waals surface area contributed by atoms with Gasteiger partial charge in [0, 0.05) is 25.3 Å². The average Bonchev–Trinajstić information content (AvgIpc) is 3.42. The van der Waals surface area contributed by atoms with Gasteiger partial charge >= 0.3 is 5.97 Å². The van der Waals surface area contributed by atoms with Crippen LogP contribution in [0.15, 0.2) is 103 Å². The van der Waals surface area contributed by atoms with Crippen LogP contribution < -0.4 is 0 Å². The molecule has 40 heavy (non-hydrogen) atoms. The number of hydrogen-bond acceptors (Lipinski definition) is 7. The molecule has 1 aliphatic heterocycles. The molecule has 0 spiro atoms. The summed E-state index contributed by atoms with van der Waals surface area (Å²) in [5, 5.41) is 4.56. The van der Waals surface area contributed by atoms with Crippen LogP contribution in [-0.2, 0) is 26.4 Å². The fourth-order valence-corrected chi connectivity index (χ4v) is 6.44.